The van der Waals surface area contributed by atoms with E-state index in [0.717, 1.165) is 0 Å². The Hall–Kier alpha value is 1.63. The van der Waals surface area contributed by atoms with E-state index >= 15 is 0 Å². The van der Waals surface area contributed by atoms with E-state index in [1.165, 1.54) is 0 Å². The molecule has 0 aromatic heterocycles. The van der Waals surface area contributed by atoms with Gasteiger partial charge in [0.2, 0.25) is 0 Å². The van der Waals surface area contributed by atoms with Crippen LogP contribution in [-0.2, 0) is 31.9 Å². The third-order valence-corrected chi connectivity index (χ3v) is 0. The Morgan fingerprint density at radius 3 is 1.14 bits per heavy atom. The molecule has 0 atom stereocenters. The van der Waals surface area contributed by atoms with Crippen molar-refractivity contribution < 1.29 is 65.4 Å². The van der Waals surface area contributed by atoms with E-state index in [9.17, 15) is 0 Å². The van der Waals surface area contributed by atoms with Crippen molar-refractivity contribution in [3.05, 3.63) is 0 Å². The van der Waals surface area contributed by atoms with Crippen LogP contribution in [0.25, 0.3) is 0 Å². The maximum absolute atomic E-state index is 8.55. The summed E-state index contributed by atoms with van der Waals surface area (Å²) in [7, 11) is -5.39. The average Bonchev–Trinajstić information content (AvgIpc) is 0.722. The van der Waals surface area contributed by atoms with Crippen LogP contribution in [0.1, 0.15) is 0 Å². The summed E-state index contributed by atoms with van der Waals surface area (Å²) in [5.41, 5.74) is 0. The smallest absolute Gasteiger partial charge is 0.822 e. The molecule has 0 heterocycles. The minimum Gasteiger partial charge on any atom is -0.822 e. The first kappa shape index (κ1) is 15.9. The van der Waals surface area contributed by atoms with Crippen LogP contribution in [0.4, 0.5) is 0 Å². The Morgan fingerprint density at radius 1 is 1.14 bits per heavy atom. The maximum Gasteiger partial charge on any atom is 2.00 e. The van der Waals surface area contributed by atoms with Gasteiger partial charge in [0.05, 0.1) is 0 Å². The molecule has 0 amide bonds. The summed E-state index contributed by atoms with van der Waals surface area (Å²) >= 11 is 0. The van der Waals surface area contributed by atoms with Crippen molar-refractivity contribution in [1.82, 2.24) is 0 Å². The fourth-order valence-corrected chi connectivity index (χ4v) is 0. The molecule has 7 heteroatoms. The van der Waals surface area contributed by atoms with Crippen LogP contribution in [0.3, 0.4) is 0 Å². The Kier molecular flexibility index (Phi) is 13.0. The van der Waals surface area contributed by atoms with Gasteiger partial charge in [-0.1, -0.05) is 0 Å². The second kappa shape index (κ2) is 5.76. The van der Waals surface area contributed by atoms with Gasteiger partial charge in [0.1, 0.15) is 0 Å². The van der Waals surface area contributed by atoms with Gasteiger partial charge in [-0.2, -0.15) is 7.82 Å². The summed E-state index contributed by atoms with van der Waals surface area (Å²) in [6.07, 6.45) is 0. The molecule has 32 valence electrons. The van der Waals surface area contributed by atoms with E-state index < -0.39 is 7.82 Å². The summed E-state index contributed by atoms with van der Waals surface area (Å²) in [5, 5.41) is 0. The van der Waals surface area contributed by atoms with Crippen LogP contribution < -0.4 is 33.5 Å². The fourth-order valence-electron chi connectivity index (χ4n) is 0. The standard InChI is InChI=1S/Cd.Li.H3O4P/c;;1-5(2,3)4/h;;(H3,1,2,3,4)/q+2;+1;/p-3. The first-order chi connectivity index (χ1) is 2.00. The summed E-state index contributed by atoms with van der Waals surface area (Å²) in [6, 6.07) is 0. The van der Waals surface area contributed by atoms with E-state index in [0.29, 0.717) is 0 Å². The summed E-state index contributed by atoms with van der Waals surface area (Å²) in [6.45, 7) is 0. The van der Waals surface area contributed by atoms with Crippen molar-refractivity contribution in [2.24, 2.45) is 0 Å². The SMILES string of the molecule is O=P([O-])([O-])[O-].[Cd+2].[Li+]. The first-order valence-corrected chi connectivity index (χ1v) is 2.19. The van der Waals surface area contributed by atoms with Gasteiger partial charge in [0, 0.05) is 0 Å². The maximum atomic E-state index is 8.55. The molecule has 0 bridgehead atoms. The molecule has 0 rings (SSSR count). The van der Waals surface area contributed by atoms with Gasteiger partial charge in [-0.25, -0.2) is 0 Å². The molecule has 0 aromatic carbocycles. The van der Waals surface area contributed by atoms with E-state index in [1.807, 2.05) is 0 Å². The van der Waals surface area contributed by atoms with Gasteiger partial charge in [-0.15, -0.1) is 0 Å². The number of hydrogen-bond donors (Lipinski definition) is 0. The summed E-state index contributed by atoms with van der Waals surface area (Å²) in [4.78, 5) is 25.6. The van der Waals surface area contributed by atoms with Crippen molar-refractivity contribution in [3.8, 4) is 0 Å². The van der Waals surface area contributed by atoms with Gasteiger partial charge in [-0.3, -0.25) is 0 Å². The van der Waals surface area contributed by atoms with Crippen molar-refractivity contribution in [2.75, 3.05) is 0 Å². The zero-order valence-electron chi connectivity index (χ0n) is 3.79. The van der Waals surface area contributed by atoms with Gasteiger partial charge >= 0.3 is 46.2 Å². The molecule has 0 aliphatic rings. The molecule has 0 fully saturated rings. The van der Waals surface area contributed by atoms with E-state index in [2.05, 4.69) is 0 Å². The number of phosphoric acid groups is 1. The first-order valence-electron chi connectivity index (χ1n) is 0.730. The number of rotatable bonds is 0. The van der Waals surface area contributed by atoms with E-state index in [-0.39, 0.29) is 46.2 Å². The van der Waals surface area contributed by atoms with Crippen LogP contribution >= 0.6 is 7.82 Å². The fraction of sp³-hybridized carbons (Fsp3) is 0. The molecule has 7 heavy (non-hydrogen) atoms. The van der Waals surface area contributed by atoms with Gasteiger partial charge in [-0.05, 0) is 0 Å². The van der Waals surface area contributed by atoms with Gasteiger partial charge < -0.3 is 19.2 Å². The zero-order valence-corrected chi connectivity index (χ0v) is 8.72. The molecule has 0 aromatic rings. The summed E-state index contributed by atoms with van der Waals surface area (Å²) in [5.74, 6) is 0. The second-order valence-electron chi connectivity index (χ2n) is 0.447. The monoisotopic (exact) mass is 216 g/mol. The van der Waals surface area contributed by atoms with Crippen molar-refractivity contribution in [2.45, 2.75) is 0 Å². The second-order valence-corrected chi connectivity index (χ2v) is 1.34. The normalized spacial score (nSPS) is 8.43. The predicted octanol–water partition coefficient (Wildman–Crippen LogP) is -5.82. The molecule has 0 spiro atoms. The molecule has 0 saturated heterocycles. The van der Waals surface area contributed by atoms with Crippen molar-refractivity contribution >= 4 is 7.82 Å². The van der Waals surface area contributed by atoms with Crippen LogP contribution in [0.5, 0.6) is 0 Å². The molecule has 0 unspecified atom stereocenters. The molecular weight excluding hydrogens is 214 g/mol. The average molecular weight is 214 g/mol. The molecular formula is CdLiO4P. The Labute approximate surface area is 72.9 Å². The minimum atomic E-state index is -5.39. The van der Waals surface area contributed by atoms with E-state index in [4.69, 9.17) is 19.2 Å². The van der Waals surface area contributed by atoms with E-state index in [1.54, 1.807) is 0 Å². The van der Waals surface area contributed by atoms with Crippen LogP contribution in [0.15, 0.2) is 0 Å². The number of hydrogen-bond acceptors (Lipinski definition) is 4. The predicted molar refractivity (Wildman–Crippen MR) is 7.61 cm³/mol. The summed E-state index contributed by atoms with van der Waals surface area (Å²) < 4.78 is 8.55. The zero-order chi connectivity index (χ0) is 4.50. The largest absolute Gasteiger partial charge is 2.00 e. The molecule has 0 N–H and O–H groups in total. The van der Waals surface area contributed by atoms with Gasteiger partial charge in [0.25, 0.3) is 0 Å². The van der Waals surface area contributed by atoms with Crippen LogP contribution in [0, 0.1) is 0 Å². The quantitative estimate of drug-likeness (QED) is 0.297. The molecule has 0 saturated carbocycles. The van der Waals surface area contributed by atoms with Crippen LogP contribution in [0.2, 0.25) is 0 Å². The minimum absolute atomic E-state index is 0. The van der Waals surface area contributed by atoms with Gasteiger partial charge in [0.15, 0.2) is 0 Å². The molecule has 0 aliphatic heterocycles. The van der Waals surface area contributed by atoms with Crippen LogP contribution in [-0.4, -0.2) is 0 Å². The molecule has 0 aliphatic carbocycles. The third kappa shape index (κ3) is 91.1. The molecule has 4 nitrogen and oxygen atoms in total. The third-order valence-electron chi connectivity index (χ3n) is 0. The van der Waals surface area contributed by atoms with Crippen molar-refractivity contribution in [3.63, 3.8) is 0 Å². The Bertz CT molecular complexity index is 57.8. The van der Waals surface area contributed by atoms with Crippen molar-refractivity contribution in [1.29, 1.82) is 0 Å². The Balaban J connectivity index is -0.0000000800. The molecule has 0 radical (unpaired) electrons. The topological polar surface area (TPSA) is 86.2 Å². The Morgan fingerprint density at radius 2 is 1.14 bits per heavy atom.